The summed E-state index contributed by atoms with van der Waals surface area (Å²) in [5, 5.41) is 0.775. The first kappa shape index (κ1) is 12.7. The molecule has 0 aromatic heterocycles. The van der Waals surface area contributed by atoms with E-state index in [0.717, 1.165) is 42.5 Å². The Kier molecular flexibility index (Phi) is 3.92. The lowest BCUT2D eigenvalue weighted by Crippen LogP contribution is -2.49. The third-order valence-electron chi connectivity index (χ3n) is 3.51. The van der Waals surface area contributed by atoms with Crippen molar-refractivity contribution in [2.75, 3.05) is 32.4 Å². The number of hydrogen-bond donors (Lipinski definition) is 1. The molecular formula is C13H20ClN3. The summed E-state index contributed by atoms with van der Waals surface area (Å²) in [4.78, 5) is 4.84. The second-order valence-electron chi connectivity index (χ2n) is 4.92. The fourth-order valence-electron chi connectivity index (χ4n) is 2.20. The Morgan fingerprint density at radius 3 is 2.82 bits per heavy atom. The highest BCUT2D eigenvalue weighted by atomic mass is 35.5. The number of nitrogen functional groups attached to an aromatic ring is 1. The Morgan fingerprint density at radius 1 is 1.41 bits per heavy atom. The fourth-order valence-corrected chi connectivity index (χ4v) is 2.45. The SMILES string of the molecule is CC1CN(Cc2ccc(N)cc2Cl)CCN1C. The molecule has 0 spiro atoms. The van der Waals surface area contributed by atoms with Gasteiger partial charge in [0.1, 0.15) is 0 Å². The van der Waals surface area contributed by atoms with Crippen LogP contribution in [-0.2, 0) is 6.54 Å². The topological polar surface area (TPSA) is 32.5 Å². The van der Waals surface area contributed by atoms with Gasteiger partial charge in [-0.3, -0.25) is 4.90 Å². The monoisotopic (exact) mass is 253 g/mol. The van der Waals surface area contributed by atoms with Crippen LogP contribution >= 0.6 is 11.6 Å². The van der Waals surface area contributed by atoms with Crippen molar-refractivity contribution in [2.45, 2.75) is 19.5 Å². The minimum absolute atomic E-state index is 0.608. The van der Waals surface area contributed by atoms with Crippen molar-refractivity contribution in [1.82, 2.24) is 9.80 Å². The Morgan fingerprint density at radius 2 is 2.18 bits per heavy atom. The largest absolute Gasteiger partial charge is 0.399 e. The quantitative estimate of drug-likeness (QED) is 0.819. The van der Waals surface area contributed by atoms with Crippen LogP contribution in [0.2, 0.25) is 5.02 Å². The molecule has 2 rings (SSSR count). The molecule has 0 saturated carbocycles. The van der Waals surface area contributed by atoms with Crippen LogP contribution in [0.1, 0.15) is 12.5 Å². The van der Waals surface area contributed by atoms with Gasteiger partial charge in [0.05, 0.1) is 0 Å². The summed E-state index contributed by atoms with van der Waals surface area (Å²) in [5.41, 5.74) is 7.59. The van der Waals surface area contributed by atoms with Gasteiger partial charge in [-0.25, -0.2) is 0 Å². The van der Waals surface area contributed by atoms with E-state index in [2.05, 4.69) is 23.8 Å². The molecule has 1 aromatic rings. The van der Waals surface area contributed by atoms with Gasteiger partial charge in [-0.2, -0.15) is 0 Å². The highest BCUT2D eigenvalue weighted by Gasteiger charge is 2.20. The van der Waals surface area contributed by atoms with Crippen molar-refractivity contribution in [1.29, 1.82) is 0 Å². The van der Waals surface area contributed by atoms with Crippen molar-refractivity contribution >= 4 is 17.3 Å². The van der Waals surface area contributed by atoms with Crippen molar-refractivity contribution in [3.05, 3.63) is 28.8 Å². The third-order valence-corrected chi connectivity index (χ3v) is 3.87. The second-order valence-corrected chi connectivity index (χ2v) is 5.32. The molecule has 2 N–H and O–H groups in total. The van der Waals surface area contributed by atoms with E-state index in [0.29, 0.717) is 6.04 Å². The molecular weight excluding hydrogens is 234 g/mol. The minimum Gasteiger partial charge on any atom is -0.399 e. The van der Waals surface area contributed by atoms with E-state index in [4.69, 9.17) is 17.3 Å². The van der Waals surface area contributed by atoms with Crippen LogP contribution in [0.15, 0.2) is 18.2 Å². The smallest absolute Gasteiger partial charge is 0.0471 e. The van der Waals surface area contributed by atoms with Gasteiger partial charge >= 0.3 is 0 Å². The molecule has 1 atom stereocenters. The van der Waals surface area contributed by atoms with Crippen LogP contribution in [0.25, 0.3) is 0 Å². The molecule has 0 bridgehead atoms. The van der Waals surface area contributed by atoms with Crippen LogP contribution in [0.4, 0.5) is 5.69 Å². The zero-order chi connectivity index (χ0) is 12.4. The van der Waals surface area contributed by atoms with E-state index in [-0.39, 0.29) is 0 Å². The third kappa shape index (κ3) is 3.12. The highest BCUT2D eigenvalue weighted by molar-refractivity contribution is 6.31. The maximum absolute atomic E-state index is 6.20. The number of nitrogens with two attached hydrogens (primary N) is 1. The summed E-state index contributed by atoms with van der Waals surface area (Å²) >= 11 is 6.20. The lowest BCUT2D eigenvalue weighted by molar-refractivity contribution is 0.100. The Labute approximate surface area is 108 Å². The second kappa shape index (κ2) is 5.25. The average Bonchev–Trinajstić information content (AvgIpc) is 2.27. The number of anilines is 1. The number of halogens is 1. The average molecular weight is 254 g/mol. The standard InChI is InChI=1S/C13H20ClN3/c1-10-8-17(6-5-16(10)2)9-11-3-4-12(15)7-13(11)14/h3-4,7,10H,5-6,8-9,15H2,1-2H3. The molecule has 3 nitrogen and oxygen atoms in total. The highest BCUT2D eigenvalue weighted by Crippen LogP contribution is 2.21. The van der Waals surface area contributed by atoms with Gasteiger partial charge < -0.3 is 10.6 Å². The molecule has 94 valence electrons. The van der Waals surface area contributed by atoms with Crippen LogP contribution < -0.4 is 5.73 Å². The van der Waals surface area contributed by atoms with Crippen molar-refractivity contribution in [2.24, 2.45) is 0 Å². The van der Waals surface area contributed by atoms with Crippen molar-refractivity contribution in [3.63, 3.8) is 0 Å². The summed E-state index contributed by atoms with van der Waals surface area (Å²) in [7, 11) is 2.18. The zero-order valence-electron chi connectivity index (χ0n) is 10.5. The van der Waals surface area contributed by atoms with Crippen LogP contribution in [-0.4, -0.2) is 42.5 Å². The summed E-state index contributed by atoms with van der Waals surface area (Å²) in [5.74, 6) is 0. The predicted octanol–water partition coefficient (Wildman–Crippen LogP) is 2.06. The summed E-state index contributed by atoms with van der Waals surface area (Å²) < 4.78 is 0. The molecule has 0 amide bonds. The Balaban J connectivity index is 2.01. The Bertz CT molecular complexity index is 394. The van der Waals surface area contributed by atoms with Gasteiger partial charge in [-0.05, 0) is 31.7 Å². The number of rotatable bonds is 2. The van der Waals surface area contributed by atoms with Gasteiger partial charge in [-0.15, -0.1) is 0 Å². The molecule has 17 heavy (non-hydrogen) atoms. The summed E-state index contributed by atoms with van der Waals surface area (Å²) in [6.07, 6.45) is 0. The molecule has 1 fully saturated rings. The first-order chi connectivity index (χ1) is 8.06. The minimum atomic E-state index is 0.608. The molecule has 1 aliphatic heterocycles. The first-order valence-corrected chi connectivity index (χ1v) is 6.40. The van der Waals surface area contributed by atoms with Crippen LogP contribution in [0, 0.1) is 0 Å². The maximum Gasteiger partial charge on any atom is 0.0471 e. The van der Waals surface area contributed by atoms with E-state index in [1.54, 1.807) is 0 Å². The lowest BCUT2D eigenvalue weighted by atomic mass is 10.1. The number of likely N-dealkylation sites (N-methyl/N-ethyl adjacent to an activating group) is 1. The number of nitrogens with zero attached hydrogens (tertiary/aromatic N) is 2. The van der Waals surface area contributed by atoms with Gasteiger partial charge in [0.15, 0.2) is 0 Å². The molecule has 0 radical (unpaired) electrons. The number of piperazine rings is 1. The van der Waals surface area contributed by atoms with E-state index in [1.165, 1.54) is 0 Å². The van der Waals surface area contributed by atoms with Crippen LogP contribution in [0.5, 0.6) is 0 Å². The van der Waals surface area contributed by atoms with Crippen molar-refractivity contribution in [3.8, 4) is 0 Å². The summed E-state index contributed by atoms with van der Waals surface area (Å²) in [6.45, 7) is 6.49. The molecule has 1 aromatic carbocycles. The van der Waals surface area contributed by atoms with Crippen LogP contribution in [0.3, 0.4) is 0 Å². The molecule has 1 unspecified atom stereocenters. The lowest BCUT2D eigenvalue weighted by Gasteiger charge is -2.37. The number of benzene rings is 1. The van der Waals surface area contributed by atoms with Gasteiger partial charge in [0.25, 0.3) is 0 Å². The first-order valence-electron chi connectivity index (χ1n) is 6.03. The fraction of sp³-hybridized carbons (Fsp3) is 0.538. The zero-order valence-corrected chi connectivity index (χ0v) is 11.2. The van der Waals surface area contributed by atoms with E-state index in [9.17, 15) is 0 Å². The van der Waals surface area contributed by atoms with Gasteiger partial charge in [0, 0.05) is 42.9 Å². The van der Waals surface area contributed by atoms with Gasteiger partial charge in [-0.1, -0.05) is 17.7 Å². The number of hydrogen-bond acceptors (Lipinski definition) is 3. The van der Waals surface area contributed by atoms with E-state index >= 15 is 0 Å². The van der Waals surface area contributed by atoms with E-state index < -0.39 is 0 Å². The molecule has 1 aliphatic rings. The Hall–Kier alpha value is -0.770. The predicted molar refractivity (Wildman–Crippen MR) is 73.2 cm³/mol. The summed E-state index contributed by atoms with van der Waals surface area (Å²) in [6, 6.07) is 6.38. The van der Waals surface area contributed by atoms with E-state index in [1.807, 2.05) is 18.2 Å². The normalized spacial score (nSPS) is 22.9. The van der Waals surface area contributed by atoms with Crippen molar-refractivity contribution < 1.29 is 0 Å². The molecule has 0 aliphatic carbocycles. The molecule has 4 heteroatoms. The van der Waals surface area contributed by atoms with Gasteiger partial charge in [0.2, 0.25) is 0 Å². The molecule has 1 heterocycles. The molecule has 1 saturated heterocycles. The maximum atomic E-state index is 6.20.